The molecule has 0 aromatic heterocycles. The maximum absolute atomic E-state index is 8.74. The van der Waals surface area contributed by atoms with Gasteiger partial charge in [-0.25, -0.2) is 0 Å². The zero-order chi connectivity index (χ0) is 4.50. The Morgan fingerprint density at radius 2 is 1.12 bits per heavy atom. The average molecular weight is 200 g/mol. The third-order valence-electron chi connectivity index (χ3n) is 0. The molecule has 0 heterocycles. The molecule has 0 aliphatic rings. The predicted molar refractivity (Wildman–Crippen MR) is 27.1 cm³/mol. The number of hydrogen-bond donors (Lipinski definition) is 2. The Morgan fingerprint density at radius 3 is 1.12 bits per heavy atom. The van der Waals surface area contributed by atoms with E-state index in [-0.39, 0.29) is 49.3 Å². The average Bonchev–Trinajstić information content (AvgIpc) is 0.722. The van der Waals surface area contributed by atoms with Crippen LogP contribution in [0.5, 0.6) is 0 Å². The molecule has 0 aromatic rings. The van der Waals surface area contributed by atoms with E-state index >= 15 is 0 Å². The van der Waals surface area contributed by atoms with Gasteiger partial charge >= 0.3 is 29.3 Å². The van der Waals surface area contributed by atoms with Gasteiger partial charge in [0.1, 0.15) is 0 Å². The minimum absolute atomic E-state index is 0. The monoisotopic (exact) mass is 198 g/mol. The van der Waals surface area contributed by atoms with E-state index in [0.717, 1.165) is 0 Å². The first-order chi connectivity index (χ1) is 2.00. The molecule has 0 amide bonds. The molecule has 0 rings (SSSR count). The minimum atomic E-state index is -4.67. The molecule has 40 valence electrons. The molecule has 0 saturated carbocycles. The van der Waals surface area contributed by atoms with Crippen molar-refractivity contribution in [2.24, 2.45) is 0 Å². The van der Waals surface area contributed by atoms with E-state index in [4.69, 9.17) is 17.5 Å². The Hall–Kier alpha value is 1.31. The molecule has 0 bridgehead atoms. The van der Waals surface area contributed by atoms with Crippen LogP contribution < -0.4 is 0 Å². The van der Waals surface area contributed by atoms with Gasteiger partial charge in [0.2, 0.25) is 0 Å². The largest absolute Gasteiger partial charge is 0 e. The fourth-order valence-corrected chi connectivity index (χ4v) is 0. The smallest absolute Gasteiger partial charge is 0 e. The summed E-state index contributed by atoms with van der Waals surface area (Å²) < 4.78 is 31.6. The second kappa shape index (κ2) is 8.31. The third-order valence-corrected chi connectivity index (χ3v) is 0. The van der Waals surface area contributed by atoms with Gasteiger partial charge in [0.25, 0.3) is 0 Å². The van der Waals surface area contributed by atoms with Crippen LogP contribution >= 0.6 is 0 Å². The third kappa shape index (κ3) is 170. The molecule has 0 saturated heterocycles. The Labute approximate surface area is 77.0 Å². The maximum atomic E-state index is 8.74. The molecule has 4 radical (unpaired) electrons. The van der Waals surface area contributed by atoms with Crippen LogP contribution in [-0.4, -0.2) is 47.3 Å². The van der Waals surface area contributed by atoms with E-state index in [1.807, 2.05) is 0 Å². The molecule has 0 unspecified atom stereocenters. The van der Waals surface area contributed by atoms with Crippen molar-refractivity contribution in [1.29, 1.82) is 0 Å². The van der Waals surface area contributed by atoms with Gasteiger partial charge in [0.05, 0.1) is 0 Å². The molecule has 0 fully saturated rings. The zero-order valence-corrected chi connectivity index (χ0v) is 8.11. The van der Waals surface area contributed by atoms with Crippen LogP contribution in [-0.2, 0) is 29.9 Å². The van der Waals surface area contributed by atoms with Crippen molar-refractivity contribution in [1.82, 2.24) is 0 Å². The molecule has 8 heavy (non-hydrogen) atoms. The summed E-state index contributed by atoms with van der Waals surface area (Å²) in [7, 11) is -4.67. The van der Waals surface area contributed by atoms with Crippen molar-refractivity contribution in [2.75, 3.05) is 0 Å². The van der Waals surface area contributed by atoms with Gasteiger partial charge in [-0.05, 0) is 0 Å². The van der Waals surface area contributed by atoms with Gasteiger partial charge in [0, 0.05) is 30.4 Å². The van der Waals surface area contributed by atoms with Gasteiger partial charge in [-0.2, -0.15) is 8.42 Å². The molecule has 0 aliphatic carbocycles. The van der Waals surface area contributed by atoms with Crippen molar-refractivity contribution in [3.05, 3.63) is 0 Å². The van der Waals surface area contributed by atoms with Crippen LogP contribution in [0.3, 0.4) is 0 Å². The van der Waals surface area contributed by atoms with Crippen LogP contribution in [0, 0.1) is 0 Å². The standard InChI is InChI=1S/Li.H2O4S.Si.Zn.H/c;1-5(2,3)4;;;/h;(H2,1,2,3,4);;;. The molecule has 0 aromatic carbocycles. The summed E-state index contributed by atoms with van der Waals surface area (Å²) in [5.41, 5.74) is 0. The Morgan fingerprint density at radius 1 is 1.12 bits per heavy atom. The molecule has 0 spiro atoms. The molecule has 2 N–H and O–H groups in total. The van der Waals surface area contributed by atoms with Crippen molar-refractivity contribution in [3.63, 3.8) is 0 Å². The van der Waals surface area contributed by atoms with Gasteiger partial charge in [-0.3, -0.25) is 9.11 Å². The van der Waals surface area contributed by atoms with Crippen molar-refractivity contribution < 1.29 is 37.0 Å². The van der Waals surface area contributed by atoms with Crippen LogP contribution in [0.4, 0.5) is 0 Å². The first-order valence-corrected chi connectivity index (χ1v) is 2.10. The molecular formula is H3LiO4SSiZn. The van der Waals surface area contributed by atoms with Gasteiger partial charge < -0.3 is 0 Å². The molecule has 8 heteroatoms. The number of hydrogen-bond acceptors (Lipinski definition) is 2. The molecular weight excluding hydrogens is 196 g/mol. The predicted octanol–water partition coefficient (Wildman–Crippen LogP) is -1.68. The fourth-order valence-electron chi connectivity index (χ4n) is 0. The van der Waals surface area contributed by atoms with Crippen LogP contribution in [0.1, 0.15) is 0 Å². The Balaban J connectivity index is -0.0000000267. The summed E-state index contributed by atoms with van der Waals surface area (Å²) in [4.78, 5) is 0. The van der Waals surface area contributed by atoms with E-state index in [1.165, 1.54) is 0 Å². The van der Waals surface area contributed by atoms with E-state index in [9.17, 15) is 0 Å². The van der Waals surface area contributed by atoms with Gasteiger partial charge in [0.15, 0.2) is 0 Å². The van der Waals surface area contributed by atoms with Crippen LogP contribution in [0.15, 0.2) is 0 Å². The normalized spacial score (nSPS) is 7.25. The minimum Gasteiger partial charge on any atom is 0 e. The number of rotatable bonds is 0. The van der Waals surface area contributed by atoms with E-state index in [1.54, 1.807) is 0 Å². The Kier molecular flexibility index (Phi) is 23.7. The SMILES string of the molecule is O=S(=O)(O)O.[LiH].[Si].[Zn]. The summed E-state index contributed by atoms with van der Waals surface area (Å²) >= 11 is 0. The van der Waals surface area contributed by atoms with Crippen molar-refractivity contribution >= 4 is 40.2 Å². The van der Waals surface area contributed by atoms with Gasteiger partial charge in [-0.1, -0.05) is 0 Å². The van der Waals surface area contributed by atoms with E-state index < -0.39 is 10.4 Å². The molecule has 0 aliphatic heterocycles. The van der Waals surface area contributed by atoms with Crippen LogP contribution in [0.2, 0.25) is 0 Å². The second-order valence-corrected chi connectivity index (χ2v) is 1.34. The van der Waals surface area contributed by atoms with E-state index in [2.05, 4.69) is 0 Å². The molecule has 4 nitrogen and oxygen atoms in total. The van der Waals surface area contributed by atoms with Crippen LogP contribution in [0.25, 0.3) is 0 Å². The summed E-state index contributed by atoms with van der Waals surface area (Å²) in [6, 6.07) is 0. The second-order valence-electron chi connectivity index (χ2n) is 0.448. The summed E-state index contributed by atoms with van der Waals surface area (Å²) in [6.45, 7) is 0. The fraction of sp³-hybridized carbons (Fsp3) is 0. The molecule has 0 atom stereocenters. The Bertz CT molecular complexity index is 99.2. The van der Waals surface area contributed by atoms with E-state index in [0.29, 0.717) is 0 Å². The van der Waals surface area contributed by atoms with Gasteiger partial charge in [-0.15, -0.1) is 0 Å². The summed E-state index contributed by atoms with van der Waals surface area (Å²) in [5, 5.41) is 0. The summed E-state index contributed by atoms with van der Waals surface area (Å²) in [6.07, 6.45) is 0. The maximum Gasteiger partial charge on any atom is 0 e. The quantitative estimate of drug-likeness (QED) is 0.361. The van der Waals surface area contributed by atoms with Crippen molar-refractivity contribution in [3.8, 4) is 0 Å². The first kappa shape index (κ1) is 22.8. The zero-order valence-electron chi connectivity index (χ0n) is 3.33. The van der Waals surface area contributed by atoms with Crippen molar-refractivity contribution in [2.45, 2.75) is 0 Å². The topological polar surface area (TPSA) is 74.6 Å². The summed E-state index contributed by atoms with van der Waals surface area (Å²) in [5.74, 6) is 0. The first-order valence-electron chi connectivity index (χ1n) is 0.698.